The number of allylic oxidation sites excluding steroid dienone is 2. The zero-order valence-electron chi connectivity index (χ0n) is 16.9. The van der Waals surface area contributed by atoms with Crippen molar-refractivity contribution < 1.29 is 26.3 Å². The number of nitrogens with zero attached hydrogens (tertiary/aromatic N) is 4. The fraction of sp³-hybridized carbons (Fsp3) is 0. The van der Waals surface area contributed by atoms with E-state index < -0.39 is 88.8 Å². The van der Waals surface area contributed by atoms with Gasteiger partial charge in [-0.2, -0.15) is 21.0 Å². The lowest BCUT2D eigenvalue weighted by Crippen LogP contribution is -2.04. The lowest BCUT2D eigenvalue weighted by atomic mass is 9.98. The molecule has 0 spiro atoms. The van der Waals surface area contributed by atoms with Crippen molar-refractivity contribution in [1.82, 2.24) is 0 Å². The average molecular weight is 528 g/mol. The van der Waals surface area contributed by atoms with Gasteiger partial charge in [-0.1, -0.05) is 23.5 Å². The second kappa shape index (κ2) is 8.03. The van der Waals surface area contributed by atoms with Crippen LogP contribution in [0.4, 0.5) is 37.7 Å². The quantitative estimate of drug-likeness (QED) is 0.196. The van der Waals surface area contributed by atoms with Gasteiger partial charge < -0.3 is 10.6 Å². The summed E-state index contributed by atoms with van der Waals surface area (Å²) in [6.07, 6.45) is 0. The van der Waals surface area contributed by atoms with Crippen LogP contribution in [0.5, 0.6) is 0 Å². The van der Waals surface area contributed by atoms with E-state index in [2.05, 4.69) is 10.6 Å². The highest BCUT2D eigenvalue weighted by Crippen LogP contribution is 2.54. The minimum Gasteiger partial charge on any atom is -0.345 e. The molecular weight excluding hydrogens is 526 g/mol. The Morgan fingerprint density at radius 3 is 1.44 bits per heavy atom. The van der Waals surface area contributed by atoms with E-state index in [1.165, 1.54) is 24.3 Å². The van der Waals surface area contributed by atoms with Crippen LogP contribution in [0.15, 0.2) is 31.0 Å². The van der Waals surface area contributed by atoms with E-state index in [4.69, 9.17) is 21.0 Å². The minimum absolute atomic E-state index is 0.290. The van der Waals surface area contributed by atoms with Crippen LogP contribution in [0.3, 0.4) is 0 Å². The van der Waals surface area contributed by atoms with Crippen molar-refractivity contribution in [2.75, 3.05) is 10.6 Å². The monoisotopic (exact) mass is 528 g/mol. The highest BCUT2D eigenvalue weighted by molar-refractivity contribution is 8.04. The number of hydrogen-bond acceptors (Lipinski definition) is 8. The van der Waals surface area contributed by atoms with Gasteiger partial charge in [0.05, 0.1) is 37.3 Å². The molecular formula is C22H2F6N6S2. The molecule has 0 atom stereocenters. The molecule has 0 amide bonds. The molecule has 14 heteroatoms. The molecule has 2 heterocycles. The fourth-order valence-corrected chi connectivity index (χ4v) is 5.87. The van der Waals surface area contributed by atoms with Crippen LogP contribution in [0.25, 0.3) is 21.5 Å². The standard InChI is InChI=1S/C22H2F6N6S2/c23-11-7-8(15(27)20-17(14(7)26)33-22(36-20)6(3-31)4-32)12(24)10-9(11)13(25)16(28)18-19(10)35-21(34-18)5(1-29)2-30/h33-34H. The smallest absolute Gasteiger partial charge is 0.184 e. The second-order valence-corrected chi connectivity index (χ2v) is 9.14. The Bertz CT molecular complexity index is 1820. The number of thioether (sulfide) groups is 2. The predicted molar refractivity (Wildman–Crippen MR) is 117 cm³/mol. The largest absolute Gasteiger partial charge is 0.345 e. The van der Waals surface area contributed by atoms with Crippen LogP contribution in [0.1, 0.15) is 0 Å². The van der Waals surface area contributed by atoms with Gasteiger partial charge >= 0.3 is 0 Å². The molecule has 0 fully saturated rings. The third-order valence-corrected chi connectivity index (χ3v) is 7.56. The molecule has 0 aliphatic carbocycles. The van der Waals surface area contributed by atoms with E-state index >= 15 is 17.6 Å². The van der Waals surface area contributed by atoms with Crippen molar-refractivity contribution in [2.45, 2.75) is 9.79 Å². The Labute approximate surface area is 204 Å². The van der Waals surface area contributed by atoms with Crippen molar-refractivity contribution in [3.63, 3.8) is 0 Å². The molecule has 0 bridgehead atoms. The zero-order valence-corrected chi connectivity index (χ0v) is 18.5. The van der Waals surface area contributed by atoms with Gasteiger partial charge in [0.15, 0.2) is 28.6 Å². The van der Waals surface area contributed by atoms with E-state index in [0.29, 0.717) is 23.5 Å². The molecule has 5 rings (SSSR count). The highest BCUT2D eigenvalue weighted by Gasteiger charge is 2.37. The molecule has 2 aliphatic heterocycles. The molecule has 36 heavy (non-hydrogen) atoms. The lowest BCUT2D eigenvalue weighted by Gasteiger charge is -2.15. The fourth-order valence-electron chi connectivity index (χ4n) is 3.80. The summed E-state index contributed by atoms with van der Waals surface area (Å²) in [5.41, 5.74) is -2.54. The van der Waals surface area contributed by atoms with Crippen LogP contribution < -0.4 is 10.6 Å². The van der Waals surface area contributed by atoms with Gasteiger partial charge in [-0.05, 0) is 0 Å². The summed E-state index contributed by atoms with van der Waals surface area (Å²) in [7, 11) is 0. The van der Waals surface area contributed by atoms with Crippen LogP contribution >= 0.6 is 23.5 Å². The summed E-state index contributed by atoms with van der Waals surface area (Å²) in [6, 6.07) is 6.06. The Kier molecular flexibility index (Phi) is 5.19. The SMILES string of the molecule is N#CC(C#N)=C1Nc2c(c(F)c3c(F)c4c5c(c(F)c(F)c4c(F)c3c2F)NC(=C(C#N)C#N)S5)S1. The maximum Gasteiger partial charge on any atom is 0.184 e. The number of anilines is 2. The maximum absolute atomic E-state index is 15.8. The molecule has 6 nitrogen and oxygen atoms in total. The van der Waals surface area contributed by atoms with Crippen molar-refractivity contribution in [3.8, 4) is 24.3 Å². The summed E-state index contributed by atoms with van der Waals surface area (Å²) in [5, 5.41) is 35.4. The summed E-state index contributed by atoms with van der Waals surface area (Å²) in [4.78, 5) is -1.07. The van der Waals surface area contributed by atoms with Crippen molar-refractivity contribution in [1.29, 1.82) is 21.0 Å². The van der Waals surface area contributed by atoms with Gasteiger partial charge in [-0.15, -0.1) is 0 Å². The van der Waals surface area contributed by atoms with E-state index in [9.17, 15) is 8.78 Å². The number of rotatable bonds is 0. The first-order valence-electron chi connectivity index (χ1n) is 9.34. The topological polar surface area (TPSA) is 119 Å². The van der Waals surface area contributed by atoms with Crippen LogP contribution in [0.2, 0.25) is 0 Å². The average Bonchev–Trinajstić information content (AvgIpc) is 3.50. The number of benzene rings is 3. The van der Waals surface area contributed by atoms with E-state index in [1.807, 2.05) is 0 Å². The maximum atomic E-state index is 15.8. The first-order chi connectivity index (χ1) is 17.2. The summed E-state index contributed by atoms with van der Waals surface area (Å²) >= 11 is 0.818. The van der Waals surface area contributed by atoms with Crippen LogP contribution in [-0.4, -0.2) is 0 Å². The molecule has 174 valence electrons. The Morgan fingerprint density at radius 2 is 0.917 bits per heavy atom. The van der Waals surface area contributed by atoms with E-state index in [0.717, 1.165) is 0 Å². The zero-order chi connectivity index (χ0) is 26.0. The lowest BCUT2D eigenvalue weighted by molar-refractivity contribution is 0.511. The number of fused-ring (bicyclic) bond motifs is 5. The van der Waals surface area contributed by atoms with Crippen molar-refractivity contribution >= 4 is 56.4 Å². The Hall–Kier alpha value is -4.50. The molecule has 0 aromatic heterocycles. The Morgan fingerprint density at radius 1 is 0.500 bits per heavy atom. The molecule has 3 aromatic carbocycles. The summed E-state index contributed by atoms with van der Waals surface area (Å²) < 4.78 is 92.1. The Balaban J connectivity index is 1.94. The predicted octanol–water partition coefficient (Wildman–Crippen LogP) is 6.38. The van der Waals surface area contributed by atoms with Crippen molar-refractivity contribution in [3.05, 3.63) is 56.1 Å². The van der Waals surface area contributed by atoms with Crippen molar-refractivity contribution in [2.24, 2.45) is 0 Å². The van der Waals surface area contributed by atoms with E-state index in [1.54, 1.807) is 0 Å². The molecule has 2 N–H and O–H groups in total. The van der Waals surface area contributed by atoms with Gasteiger partial charge in [-0.25, -0.2) is 26.3 Å². The van der Waals surface area contributed by atoms with Gasteiger partial charge in [-0.3, -0.25) is 0 Å². The van der Waals surface area contributed by atoms with Gasteiger partial charge in [0, 0.05) is 5.39 Å². The molecule has 0 unspecified atom stereocenters. The molecule has 2 aliphatic rings. The normalized spacial score (nSPS) is 13.3. The van der Waals surface area contributed by atoms with Crippen LogP contribution in [0, 0.1) is 80.2 Å². The third kappa shape index (κ3) is 2.86. The molecule has 3 aromatic rings. The van der Waals surface area contributed by atoms with Gasteiger partial charge in [0.2, 0.25) is 0 Å². The van der Waals surface area contributed by atoms with E-state index in [-0.39, 0.29) is 10.1 Å². The second-order valence-electron chi connectivity index (χ2n) is 7.10. The first-order valence-corrected chi connectivity index (χ1v) is 11.0. The molecule has 0 saturated heterocycles. The third-order valence-electron chi connectivity index (χ3n) is 5.34. The number of halogens is 6. The van der Waals surface area contributed by atoms with Gasteiger partial charge in [0.25, 0.3) is 0 Å². The summed E-state index contributed by atoms with van der Waals surface area (Å²) in [6.45, 7) is 0. The molecule has 0 saturated carbocycles. The molecule has 0 radical (unpaired) electrons. The van der Waals surface area contributed by atoms with Crippen LogP contribution in [-0.2, 0) is 0 Å². The number of nitriles is 4. The first kappa shape index (κ1) is 23.3. The summed E-state index contributed by atoms with van der Waals surface area (Å²) in [5.74, 6) is -10.1. The highest BCUT2D eigenvalue weighted by atomic mass is 32.2. The minimum atomic E-state index is -1.91. The number of nitrogens with one attached hydrogen (secondary N) is 2. The van der Waals surface area contributed by atoms with Gasteiger partial charge in [0.1, 0.15) is 51.8 Å². The number of hydrogen-bond donors (Lipinski definition) is 2.